The molecule has 0 saturated heterocycles. The van der Waals surface area contributed by atoms with Crippen LogP contribution in [0.3, 0.4) is 0 Å². The zero-order valence-electron chi connectivity index (χ0n) is 23.7. The first-order valence-electron chi connectivity index (χ1n) is 14.8. The van der Waals surface area contributed by atoms with E-state index >= 15 is 0 Å². The largest absolute Gasteiger partial charge is 0.309 e. The predicted molar refractivity (Wildman–Crippen MR) is 179 cm³/mol. The van der Waals surface area contributed by atoms with E-state index in [9.17, 15) is 0 Å². The molecule has 0 N–H and O–H groups in total. The van der Waals surface area contributed by atoms with Crippen molar-refractivity contribution >= 4 is 43.4 Å². The molecular weight excluding hydrogens is 506 g/mol. The zero-order valence-corrected chi connectivity index (χ0v) is 23.7. The van der Waals surface area contributed by atoms with Gasteiger partial charge in [-0.05, 0) is 85.3 Å². The van der Waals surface area contributed by atoms with Gasteiger partial charge < -0.3 is 4.57 Å². The van der Waals surface area contributed by atoms with Crippen LogP contribution in [0.25, 0.3) is 71.3 Å². The maximum absolute atomic E-state index is 2.49. The molecule has 0 bridgehead atoms. The van der Waals surface area contributed by atoms with E-state index in [-0.39, 0.29) is 5.41 Å². The van der Waals surface area contributed by atoms with Gasteiger partial charge >= 0.3 is 0 Å². The van der Waals surface area contributed by atoms with Gasteiger partial charge in [-0.15, -0.1) is 0 Å². The summed E-state index contributed by atoms with van der Waals surface area (Å²) in [5.41, 5.74) is 11.6. The van der Waals surface area contributed by atoms with E-state index in [2.05, 4.69) is 158 Å². The van der Waals surface area contributed by atoms with Crippen molar-refractivity contribution in [1.82, 2.24) is 4.57 Å². The molecule has 0 unspecified atom stereocenters. The molecule has 1 nitrogen and oxygen atoms in total. The standard InChI is InChI=1S/C41H29N/c1-41(2)36-12-6-7-14-39(36)42-38-22-19-29(25-35(38)34-11-8-13-37(41)40(34)42)28-18-21-33-31(24-28)16-15-30-23-27(17-20-32(30)33)26-9-4-3-5-10-26/h3-25H,1-2H3. The molecule has 0 fully saturated rings. The lowest BCUT2D eigenvalue weighted by molar-refractivity contribution is 0.630. The fourth-order valence-corrected chi connectivity index (χ4v) is 7.41. The molecule has 0 radical (unpaired) electrons. The van der Waals surface area contributed by atoms with Gasteiger partial charge in [0, 0.05) is 16.2 Å². The van der Waals surface area contributed by atoms with Crippen molar-refractivity contribution < 1.29 is 0 Å². The van der Waals surface area contributed by atoms with Gasteiger partial charge in [-0.1, -0.05) is 123 Å². The molecule has 1 heteroatoms. The first-order chi connectivity index (χ1) is 20.6. The molecule has 7 aromatic carbocycles. The fraction of sp³-hybridized carbons (Fsp3) is 0.0732. The fourth-order valence-electron chi connectivity index (χ4n) is 7.41. The van der Waals surface area contributed by atoms with Gasteiger partial charge in [0.05, 0.1) is 16.7 Å². The summed E-state index contributed by atoms with van der Waals surface area (Å²) < 4.78 is 2.49. The van der Waals surface area contributed by atoms with Gasteiger partial charge in [-0.2, -0.15) is 0 Å². The third-order valence-electron chi connectivity index (χ3n) is 9.56. The normalized spacial score (nSPS) is 13.7. The number of para-hydroxylation sites is 2. The first kappa shape index (κ1) is 23.6. The van der Waals surface area contributed by atoms with Gasteiger partial charge in [-0.3, -0.25) is 0 Å². The Morgan fingerprint density at radius 2 is 1.05 bits per heavy atom. The molecule has 8 aromatic rings. The molecule has 0 amide bonds. The topological polar surface area (TPSA) is 4.93 Å². The molecule has 42 heavy (non-hydrogen) atoms. The average Bonchev–Trinajstić information content (AvgIpc) is 3.38. The van der Waals surface area contributed by atoms with Crippen LogP contribution in [0.15, 0.2) is 140 Å². The number of fused-ring (bicyclic) bond motifs is 8. The first-order valence-corrected chi connectivity index (χ1v) is 14.8. The average molecular weight is 536 g/mol. The molecule has 0 aliphatic carbocycles. The molecule has 198 valence electrons. The van der Waals surface area contributed by atoms with Crippen LogP contribution in [-0.4, -0.2) is 4.57 Å². The van der Waals surface area contributed by atoms with E-state index < -0.39 is 0 Å². The highest BCUT2D eigenvalue weighted by atomic mass is 15.0. The van der Waals surface area contributed by atoms with Crippen molar-refractivity contribution in [2.75, 3.05) is 0 Å². The Morgan fingerprint density at radius 3 is 1.81 bits per heavy atom. The van der Waals surface area contributed by atoms with Crippen LogP contribution in [0.4, 0.5) is 0 Å². The van der Waals surface area contributed by atoms with Crippen LogP contribution in [0.5, 0.6) is 0 Å². The molecule has 2 heterocycles. The highest BCUT2D eigenvalue weighted by Gasteiger charge is 2.34. The molecule has 0 saturated carbocycles. The Morgan fingerprint density at radius 1 is 0.429 bits per heavy atom. The van der Waals surface area contributed by atoms with Crippen LogP contribution in [0.2, 0.25) is 0 Å². The lowest BCUT2D eigenvalue weighted by Gasteiger charge is -2.34. The summed E-state index contributed by atoms with van der Waals surface area (Å²) in [6.45, 7) is 4.71. The summed E-state index contributed by atoms with van der Waals surface area (Å²) in [7, 11) is 0. The lowest BCUT2D eigenvalue weighted by Crippen LogP contribution is -2.26. The Hall–Kier alpha value is -5.14. The molecule has 1 aliphatic rings. The van der Waals surface area contributed by atoms with Gasteiger partial charge in [0.25, 0.3) is 0 Å². The summed E-state index contributed by atoms with van der Waals surface area (Å²) in [6, 6.07) is 51.7. The van der Waals surface area contributed by atoms with Crippen LogP contribution < -0.4 is 0 Å². The third-order valence-corrected chi connectivity index (χ3v) is 9.56. The Labute approximate surface area is 245 Å². The van der Waals surface area contributed by atoms with E-state index in [1.807, 2.05) is 0 Å². The van der Waals surface area contributed by atoms with Crippen molar-refractivity contribution in [2.45, 2.75) is 19.3 Å². The second kappa shape index (κ2) is 8.44. The number of aromatic nitrogens is 1. The number of hydrogen-bond acceptors (Lipinski definition) is 0. The monoisotopic (exact) mass is 535 g/mol. The molecule has 0 spiro atoms. The van der Waals surface area contributed by atoms with Crippen LogP contribution in [0, 0.1) is 0 Å². The second-order valence-electron chi connectivity index (χ2n) is 12.2. The summed E-state index contributed by atoms with van der Waals surface area (Å²) in [5, 5.41) is 7.77. The quantitative estimate of drug-likeness (QED) is 0.194. The number of rotatable bonds is 2. The zero-order chi connectivity index (χ0) is 28.0. The Balaban J connectivity index is 1.21. The minimum absolute atomic E-state index is 0.0493. The SMILES string of the molecule is CC1(C)c2ccccc2-n2c3ccc(-c4ccc5c(ccc6cc(-c7ccccc7)ccc65)c4)cc3c3cccc1c32. The second-order valence-corrected chi connectivity index (χ2v) is 12.2. The van der Waals surface area contributed by atoms with Gasteiger partial charge in [0.15, 0.2) is 0 Å². The third kappa shape index (κ3) is 3.19. The van der Waals surface area contributed by atoms with E-state index in [1.54, 1.807) is 0 Å². The predicted octanol–water partition coefficient (Wildman–Crippen LogP) is 11.1. The molecule has 9 rings (SSSR count). The maximum atomic E-state index is 2.49. The highest BCUT2D eigenvalue weighted by molar-refractivity contribution is 6.13. The smallest absolute Gasteiger partial charge is 0.0582 e. The van der Waals surface area contributed by atoms with Crippen molar-refractivity contribution in [3.8, 4) is 27.9 Å². The number of benzene rings is 7. The van der Waals surface area contributed by atoms with Crippen molar-refractivity contribution in [2.24, 2.45) is 0 Å². The molecular formula is C41H29N. The lowest BCUT2D eigenvalue weighted by atomic mass is 9.75. The number of hydrogen-bond donors (Lipinski definition) is 0. The van der Waals surface area contributed by atoms with Gasteiger partial charge in [0.2, 0.25) is 0 Å². The molecule has 0 atom stereocenters. The Bertz CT molecular complexity index is 2370. The van der Waals surface area contributed by atoms with Crippen LogP contribution in [0.1, 0.15) is 25.0 Å². The summed E-state index contributed by atoms with van der Waals surface area (Å²) in [4.78, 5) is 0. The van der Waals surface area contributed by atoms with Crippen LogP contribution >= 0.6 is 0 Å². The maximum Gasteiger partial charge on any atom is 0.0582 e. The summed E-state index contributed by atoms with van der Waals surface area (Å²) in [5.74, 6) is 0. The Kier molecular flexibility index (Phi) is 4.73. The summed E-state index contributed by atoms with van der Waals surface area (Å²) in [6.07, 6.45) is 0. The van der Waals surface area contributed by atoms with E-state index in [0.717, 1.165) is 0 Å². The van der Waals surface area contributed by atoms with Gasteiger partial charge in [-0.25, -0.2) is 0 Å². The van der Waals surface area contributed by atoms with Crippen LogP contribution in [-0.2, 0) is 5.41 Å². The van der Waals surface area contributed by atoms with Crippen molar-refractivity contribution in [3.05, 3.63) is 151 Å². The van der Waals surface area contributed by atoms with E-state index in [4.69, 9.17) is 0 Å². The highest BCUT2D eigenvalue weighted by Crippen LogP contribution is 2.47. The molecule has 1 aromatic heterocycles. The van der Waals surface area contributed by atoms with E-state index in [1.165, 1.54) is 82.4 Å². The van der Waals surface area contributed by atoms with E-state index in [0.29, 0.717) is 0 Å². The molecule has 1 aliphatic heterocycles. The van der Waals surface area contributed by atoms with Crippen molar-refractivity contribution in [3.63, 3.8) is 0 Å². The minimum Gasteiger partial charge on any atom is -0.309 e. The minimum atomic E-state index is -0.0493. The van der Waals surface area contributed by atoms with Gasteiger partial charge in [0.1, 0.15) is 0 Å². The number of nitrogens with zero attached hydrogens (tertiary/aromatic N) is 1. The van der Waals surface area contributed by atoms with Crippen molar-refractivity contribution in [1.29, 1.82) is 0 Å². The summed E-state index contributed by atoms with van der Waals surface area (Å²) >= 11 is 0.